The van der Waals surface area contributed by atoms with E-state index in [1.165, 1.54) is 0 Å². The Morgan fingerprint density at radius 2 is 1.81 bits per heavy atom. The number of hydrogen-bond donors (Lipinski definition) is 1. The van der Waals surface area contributed by atoms with E-state index in [9.17, 15) is 16.8 Å². The molecule has 0 radical (unpaired) electrons. The molecule has 0 aromatic rings. The Morgan fingerprint density at radius 1 is 1.19 bits per heavy atom. The highest BCUT2D eigenvalue weighted by Gasteiger charge is 2.40. The molecule has 6 nitrogen and oxygen atoms in total. The maximum Gasteiger partial charge on any atom is 0.217 e. The van der Waals surface area contributed by atoms with E-state index in [1.54, 1.807) is 4.31 Å². The SMILES string of the molecule is CCC1CN(S(=O)(=O)C2CCS(=O)(=O)CC2)CCC1NC. The van der Waals surface area contributed by atoms with Gasteiger partial charge in [-0.3, -0.25) is 0 Å². The Labute approximate surface area is 128 Å². The number of nitrogens with one attached hydrogen (secondary N) is 1. The number of sulfone groups is 1. The third kappa shape index (κ3) is 3.78. The Bertz CT molecular complexity index is 545. The number of sulfonamides is 1. The highest BCUT2D eigenvalue weighted by atomic mass is 32.2. The molecule has 0 aromatic carbocycles. The predicted octanol–water partition coefficient (Wildman–Crippen LogP) is 0.213. The first-order valence-electron chi connectivity index (χ1n) is 7.67. The van der Waals surface area contributed by atoms with Crippen molar-refractivity contribution < 1.29 is 16.8 Å². The van der Waals surface area contributed by atoms with Crippen molar-refractivity contribution in [2.24, 2.45) is 5.92 Å². The van der Waals surface area contributed by atoms with Crippen molar-refractivity contribution in [3.05, 3.63) is 0 Å². The molecule has 0 saturated carbocycles. The summed E-state index contributed by atoms with van der Waals surface area (Å²) in [5, 5.41) is 2.74. The molecule has 2 unspecified atom stereocenters. The van der Waals surface area contributed by atoms with Crippen LogP contribution in [0.5, 0.6) is 0 Å². The van der Waals surface area contributed by atoms with Crippen LogP contribution in [0.25, 0.3) is 0 Å². The first kappa shape index (κ1) is 17.2. The van der Waals surface area contributed by atoms with E-state index in [2.05, 4.69) is 12.2 Å². The summed E-state index contributed by atoms with van der Waals surface area (Å²) >= 11 is 0. The molecule has 2 atom stereocenters. The van der Waals surface area contributed by atoms with Gasteiger partial charge in [0.2, 0.25) is 10.0 Å². The minimum absolute atomic E-state index is 0.00107. The molecule has 0 amide bonds. The molecular weight excluding hydrogens is 312 g/mol. The molecule has 2 rings (SSSR count). The molecular formula is C13H26N2O4S2. The largest absolute Gasteiger partial charge is 0.317 e. The fraction of sp³-hybridized carbons (Fsp3) is 1.00. The normalized spacial score (nSPS) is 32.1. The zero-order valence-electron chi connectivity index (χ0n) is 12.8. The van der Waals surface area contributed by atoms with Crippen LogP contribution in [-0.4, -0.2) is 64.1 Å². The highest BCUT2D eigenvalue weighted by Crippen LogP contribution is 2.28. The number of rotatable bonds is 4. The minimum atomic E-state index is -3.37. The Morgan fingerprint density at radius 3 is 2.33 bits per heavy atom. The van der Waals surface area contributed by atoms with E-state index >= 15 is 0 Å². The summed E-state index contributed by atoms with van der Waals surface area (Å²) in [5.74, 6) is 0.327. The second kappa shape index (κ2) is 6.52. The van der Waals surface area contributed by atoms with Gasteiger partial charge < -0.3 is 5.32 Å². The maximum atomic E-state index is 12.7. The Balaban J connectivity index is 2.07. The molecule has 8 heteroatoms. The third-order valence-electron chi connectivity index (χ3n) is 4.87. The molecule has 0 aliphatic carbocycles. The summed E-state index contributed by atoms with van der Waals surface area (Å²) in [7, 11) is -4.48. The highest BCUT2D eigenvalue weighted by molar-refractivity contribution is 7.92. The van der Waals surface area contributed by atoms with Crippen LogP contribution in [0.3, 0.4) is 0 Å². The molecule has 0 bridgehead atoms. The molecule has 0 spiro atoms. The lowest BCUT2D eigenvalue weighted by molar-refractivity contribution is 0.207. The van der Waals surface area contributed by atoms with Gasteiger partial charge in [0, 0.05) is 19.1 Å². The summed E-state index contributed by atoms with van der Waals surface area (Å²) in [6, 6.07) is 0.369. The summed E-state index contributed by atoms with van der Waals surface area (Å²) in [4.78, 5) is 0. The Hall–Kier alpha value is -0.180. The van der Waals surface area contributed by atoms with Crippen LogP contribution in [0, 0.1) is 5.92 Å². The number of piperidine rings is 1. The fourth-order valence-electron chi connectivity index (χ4n) is 3.40. The summed E-state index contributed by atoms with van der Waals surface area (Å²) in [6.07, 6.45) is 2.25. The van der Waals surface area contributed by atoms with E-state index in [0.717, 1.165) is 12.8 Å². The summed E-state index contributed by atoms with van der Waals surface area (Å²) in [6.45, 7) is 3.17. The molecule has 2 saturated heterocycles. The molecule has 2 aliphatic heterocycles. The standard InChI is InChI=1S/C13H26N2O4S2/c1-3-11-10-15(7-4-13(11)14-2)21(18,19)12-5-8-20(16,17)9-6-12/h11-14H,3-10H2,1-2H3. The molecule has 21 heavy (non-hydrogen) atoms. The summed E-state index contributed by atoms with van der Waals surface area (Å²) < 4.78 is 50.0. The average Bonchev–Trinajstić information content (AvgIpc) is 2.46. The van der Waals surface area contributed by atoms with Crippen molar-refractivity contribution in [1.82, 2.24) is 9.62 Å². The van der Waals surface area contributed by atoms with Crippen LogP contribution >= 0.6 is 0 Å². The quantitative estimate of drug-likeness (QED) is 0.792. The second-order valence-corrected chi connectivity index (χ2v) is 10.6. The smallest absolute Gasteiger partial charge is 0.217 e. The predicted molar refractivity (Wildman–Crippen MR) is 83.4 cm³/mol. The fourth-order valence-corrected chi connectivity index (χ4v) is 7.20. The van der Waals surface area contributed by atoms with Crippen LogP contribution in [0.15, 0.2) is 0 Å². The molecule has 0 aromatic heterocycles. The van der Waals surface area contributed by atoms with Gasteiger partial charge in [0.25, 0.3) is 0 Å². The lowest BCUT2D eigenvalue weighted by Gasteiger charge is -2.39. The van der Waals surface area contributed by atoms with Crippen molar-refractivity contribution in [3.63, 3.8) is 0 Å². The Kier molecular flexibility index (Phi) is 5.33. The number of nitrogens with zero attached hydrogens (tertiary/aromatic N) is 1. The van der Waals surface area contributed by atoms with E-state index in [-0.39, 0.29) is 24.3 Å². The van der Waals surface area contributed by atoms with Gasteiger partial charge >= 0.3 is 0 Å². The lowest BCUT2D eigenvalue weighted by Crippen LogP contribution is -2.52. The molecule has 2 fully saturated rings. The van der Waals surface area contributed by atoms with Crippen LogP contribution in [0.1, 0.15) is 32.6 Å². The van der Waals surface area contributed by atoms with Crippen molar-refractivity contribution in [2.75, 3.05) is 31.6 Å². The van der Waals surface area contributed by atoms with Gasteiger partial charge in [0.1, 0.15) is 9.84 Å². The van der Waals surface area contributed by atoms with Gasteiger partial charge in [-0.1, -0.05) is 13.3 Å². The third-order valence-corrected chi connectivity index (χ3v) is 8.96. The second-order valence-electron chi connectivity index (χ2n) is 6.11. The van der Waals surface area contributed by atoms with Crippen molar-refractivity contribution in [2.45, 2.75) is 43.9 Å². The zero-order valence-corrected chi connectivity index (χ0v) is 14.4. The van der Waals surface area contributed by atoms with Crippen molar-refractivity contribution >= 4 is 19.9 Å². The van der Waals surface area contributed by atoms with Gasteiger partial charge in [0.05, 0.1) is 16.8 Å². The van der Waals surface area contributed by atoms with Gasteiger partial charge in [0.15, 0.2) is 0 Å². The molecule has 2 aliphatic rings. The molecule has 2 heterocycles. The van der Waals surface area contributed by atoms with E-state index < -0.39 is 25.1 Å². The van der Waals surface area contributed by atoms with Gasteiger partial charge in [-0.2, -0.15) is 0 Å². The molecule has 1 N–H and O–H groups in total. The lowest BCUT2D eigenvalue weighted by atomic mass is 9.91. The van der Waals surface area contributed by atoms with E-state index in [1.807, 2.05) is 7.05 Å². The zero-order chi connectivity index (χ0) is 15.7. The minimum Gasteiger partial charge on any atom is -0.317 e. The van der Waals surface area contributed by atoms with E-state index in [0.29, 0.717) is 25.0 Å². The topological polar surface area (TPSA) is 83.6 Å². The van der Waals surface area contributed by atoms with Crippen LogP contribution in [0.2, 0.25) is 0 Å². The van der Waals surface area contributed by atoms with Gasteiger partial charge in [-0.25, -0.2) is 21.1 Å². The van der Waals surface area contributed by atoms with Crippen molar-refractivity contribution in [3.8, 4) is 0 Å². The first-order chi connectivity index (χ1) is 9.80. The molecule has 124 valence electrons. The number of hydrogen-bond acceptors (Lipinski definition) is 5. The maximum absolute atomic E-state index is 12.7. The first-order valence-corrected chi connectivity index (χ1v) is 11.0. The van der Waals surface area contributed by atoms with Crippen LogP contribution in [-0.2, 0) is 19.9 Å². The van der Waals surface area contributed by atoms with Crippen LogP contribution < -0.4 is 5.32 Å². The van der Waals surface area contributed by atoms with E-state index in [4.69, 9.17) is 0 Å². The van der Waals surface area contributed by atoms with Gasteiger partial charge in [-0.05, 0) is 32.2 Å². The average molecular weight is 338 g/mol. The summed E-state index contributed by atoms with van der Waals surface area (Å²) in [5.41, 5.74) is 0. The monoisotopic (exact) mass is 338 g/mol. The van der Waals surface area contributed by atoms with Crippen molar-refractivity contribution in [1.29, 1.82) is 0 Å². The van der Waals surface area contributed by atoms with Crippen LogP contribution in [0.4, 0.5) is 0 Å². The van der Waals surface area contributed by atoms with Gasteiger partial charge in [-0.15, -0.1) is 0 Å².